The number of amides is 1. The van der Waals surface area contributed by atoms with Crippen molar-refractivity contribution in [1.29, 1.82) is 0 Å². The van der Waals surface area contributed by atoms with E-state index in [2.05, 4.69) is 15.9 Å². The summed E-state index contributed by atoms with van der Waals surface area (Å²) in [7, 11) is 3.50. The van der Waals surface area contributed by atoms with Gasteiger partial charge in [0.15, 0.2) is 0 Å². The number of halogens is 1. The van der Waals surface area contributed by atoms with Crippen LogP contribution >= 0.6 is 15.9 Å². The first-order chi connectivity index (χ1) is 8.86. The van der Waals surface area contributed by atoms with Gasteiger partial charge in [0.25, 0.3) is 0 Å². The van der Waals surface area contributed by atoms with E-state index in [1.807, 2.05) is 30.0 Å². The zero-order valence-corrected chi connectivity index (χ0v) is 13.4. The number of aliphatic hydroxyl groups is 1. The van der Waals surface area contributed by atoms with Crippen LogP contribution in [0.1, 0.15) is 25.5 Å². The summed E-state index contributed by atoms with van der Waals surface area (Å²) in [4.78, 5) is 15.4. The average Bonchev–Trinajstić information content (AvgIpc) is 2.35. The molecular formula is C14H21BrN2O2. The third kappa shape index (κ3) is 4.21. The van der Waals surface area contributed by atoms with Crippen LogP contribution in [0.3, 0.4) is 0 Å². The maximum Gasteiger partial charge on any atom is 0.241 e. The summed E-state index contributed by atoms with van der Waals surface area (Å²) in [5.74, 6) is 0.0633. The SMILES string of the molecule is CCN(CC(=O)N(C)C)c1ccc([C@H](C)O)cc1Br. The van der Waals surface area contributed by atoms with Gasteiger partial charge in [-0.3, -0.25) is 4.79 Å². The summed E-state index contributed by atoms with van der Waals surface area (Å²) in [5.41, 5.74) is 1.81. The van der Waals surface area contributed by atoms with Crippen molar-refractivity contribution in [3.05, 3.63) is 28.2 Å². The summed E-state index contributed by atoms with van der Waals surface area (Å²) < 4.78 is 0.888. The van der Waals surface area contributed by atoms with Gasteiger partial charge in [-0.2, -0.15) is 0 Å². The molecule has 0 fully saturated rings. The first-order valence-electron chi connectivity index (χ1n) is 6.29. The lowest BCUT2D eigenvalue weighted by Gasteiger charge is -2.25. The largest absolute Gasteiger partial charge is 0.389 e. The Morgan fingerprint density at radius 1 is 1.42 bits per heavy atom. The Kier molecular flexibility index (Phi) is 5.82. The molecule has 4 nitrogen and oxygen atoms in total. The van der Waals surface area contributed by atoms with Gasteiger partial charge in [0, 0.05) is 25.1 Å². The van der Waals surface area contributed by atoms with Gasteiger partial charge in [-0.05, 0) is 47.5 Å². The Labute approximate surface area is 123 Å². The number of benzene rings is 1. The van der Waals surface area contributed by atoms with Gasteiger partial charge in [-0.1, -0.05) is 6.07 Å². The van der Waals surface area contributed by atoms with Crippen molar-refractivity contribution < 1.29 is 9.90 Å². The number of rotatable bonds is 5. The van der Waals surface area contributed by atoms with Gasteiger partial charge in [-0.25, -0.2) is 0 Å². The molecule has 19 heavy (non-hydrogen) atoms. The van der Waals surface area contributed by atoms with Crippen LogP contribution in [0.5, 0.6) is 0 Å². The second-order valence-electron chi connectivity index (χ2n) is 4.69. The highest BCUT2D eigenvalue weighted by Gasteiger charge is 2.15. The molecule has 1 aromatic rings. The number of likely N-dealkylation sites (N-methyl/N-ethyl adjacent to an activating group) is 2. The van der Waals surface area contributed by atoms with E-state index in [-0.39, 0.29) is 5.91 Å². The molecule has 0 aromatic heterocycles. The van der Waals surface area contributed by atoms with Crippen molar-refractivity contribution in [2.45, 2.75) is 20.0 Å². The van der Waals surface area contributed by atoms with E-state index in [9.17, 15) is 9.90 Å². The van der Waals surface area contributed by atoms with Gasteiger partial charge in [0.1, 0.15) is 0 Å². The summed E-state index contributed by atoms with van der Waals surface area (Å²) in [6.45, 7) is 4.83. The molecule has 0 bridgehead atoms. The van der Waals surface area contributed by atoms with E-state index in [4.69, 9.17) is 0 Å². The van der Waals surface area contributed by atoms with Gasteiger partial charge >= 0.3 is 0 Å². The van der Waals surface area contributed by atoms with Crippen molar-refractivity contribution in [3.63, 3.8) is 0 Å². The zero-order chi connectivity index (χ0) is 14.6. The molecule has 106 valence electrons. The number of hydrogen-bond donors (Lipinski definition) is 1. The van der Waals surface area contributed by atoms with E-state index in [0.29, 0.717) is 6.54 Å². The second-order valence-corrected chi connectivity index (χ2v) is 5.54. The Morgan fingerprint density at radius 3 is 2.47 bits per heavy atom. The van der Waals surface area contributed by atoms with Crippen LogP contribution in [0.4, 0.5) is 5.69 Å². The molecule has 0 aliphatic carbocycles. The molecule has 0 saturated carbocycles. The predicted molar refractivity (Wildman–Crippen MR) is 81.4 cm³/mol. The minimum absolute atomic E-state index is 0.0633. The van der Waals surface area contributed by atoms with Gasteiger partial charge < -0.3 is 14.9 Å². The molecule has 1 atom stereocenters. The van der Waals surface area contributed by atoms with Gasteiger partial charge in [0.05, 0.1) is 18.3 Å². The van der Waals surface area contributed by atoms with Crippen LogP contribution in [0.15, 0.2) is 22.7 Å². The molecule has 0 saturated heterocycles. The molecular weight excluding hydrogens is 308 g/mol. The summed E-state index contributed by atoms with van der Waals surface area (Å²) in [6.07, 6.45) is -0.496. The van der Waals surface area contributed by atoms with Crippen molar-refractivity contribution >= 4 is 27.5 Å². The molecule has 0 heterocycles. The van der Waals surface area contributed by atoms with Gasteiger partial charge in [-0.15, -0.1) is 0 Å². The van der Waals surface area contributed by atoms with Crippen LogP contribution in [-0.4, -0.2) is 43.1 Å². The van der Waals surface area contributed by atoms with E-state index < -0.39 is 6.10 Å². The number of carbonyl (C=O) groups excluding carboxylic acids is 1. The average molecular weight is 329 g/mol. The summed E-state index contributed by atoms with van der Waals surface area (Å²) in [5, 5.41) is 9.56. The number of anilines is 1. The van der Waals surface area contributed by atoms with Crippen LogP contribution in [0.25, 0.3) is 0 Å². The van der Waals surface area contributed by atoms with Crippen molar-refractivity contribution in [2.75, 3.05) is 32.1 Å². The van der Waals surface area contributed by atoms with E-state index in [0.717, 1.165) is 22.3 Å². The van der Waals surface area contributed by atoms with E-state index in [1.165, 1.54) is 0 Å². The maximum absolute atomic E-state index is 11.8. The molecule has 1 N–H and O–H groups in total. The molecule has 1 aromatic carbocycles. The number of nitrogens with zero attached hydrogens (tertiary/aromatic N) is 2. The lowest BCUT2D eigenvalue weighted by molar-refractivity contribution is -0.127. The Balaban J connectivity index is 2.96. The molecule has 0 unspecified atom stereocenters. The van der Waals surface area contributed by atoms with Crippen LogP contribution < -0.4 is 4.90 Å². The monoisotopic (exact) mass is 328 g/mol. The van der Waals surface area contributed by atoms with Crippen LogP contribution in [-0.2, 0) is 4.79 Å². The third-order valence-corrected chi connectivity index (χ3v) is 3.64. The lowest BCUT2D eigenvalue weighted by atomic mass is 10.1. The zero-order valence-electron chi connectivity index (χ0n) is 11.9. The lowest BCUT2D eigenvalue weighted by Crippen LogP contribution is -2.36. The van der Waals surface area contributed by atoms with Gasteiger partial charge in [0.2, 0.25) is 5.91 Å². The van der Waals surface area contributed by atoms with Crippen LogP contribution in [0, 0.1) is 0 Å². The molecule has 0 radical (unpaired) electrons. The predicted octanol–water partition coefficient (Wildman–Crippen LogP) is 2.42. The van der Waals surface area contributed by atoms with E-state index in [1.54, 1.807) is 25.9 Å². The highest BCUT2D eigenvalue weighted by molar-refractivity contribution is 9.10. The summed E-state index contributed by atoms with van der Waals surface area (Å²) in [6, 6.07) is 5.70. The highest BCUT2D eigenvalue weighted by Crippen LogP contribution is 2.29. The normalized spacial score (nSPS) is 12.1. The van der Waals surface area contributed by atoms with E-state index >= 15 is 0 Å². The molecule has 0 aliphatic heterocycles. The number of hydrogen-bond acceptors (Lipinski definition) is 3. The molecule has 0 aliphatic rings. The topological polar surface area (TPSA) is 43.8 Å². The van der Waals surface area contributed by atoms with Crippen LogP contribution in [0.2, 0.25) is 0 Å². The first-order valence-corrected chi connectivity index (χ1v) is 7.08. The number of carbonyl (C=O) groups is 1. The molecule has 1 amide bonds. The minimum Gasteiger partial charge on any atom is -0.389 e. The quantitative estimate of drug-likeness (QED) is 0.902. The minimum atomic E-state index is -0.496. The summed E-state index contributed by atoms with van der Waals surface area (Å²) >= 11 is 3.51. The molecule has 5 heteroatoms. The van der Waals surface area contributed by atoms with Crippen molar-refractivity contribution in [1.82, 2.24) is 4.90 Å². The smallest absolute Gasteiger partial charge is 0.241 e. The fourth-order valence-electron chi connectivity index (χ4n) is 1.71. The number of aliphatic hydroxyl groups excluding tert-OH is 1. The maximum atomic E-state index is 11.8. The Hall–Kier alpha value is -1.07. The molecule has 0 spiro atoms. The van der Waals surface area contributed by atoms with Crippen molar-refractivity contribution in [2.24, 2.45) is 0 Å². The Bertz CT molecular complexity index is 447. The third-order valence-electron chi connectivity index (χ3n) is 3.00. The first kappa shape index (κ1) is 16.0. The second kappa shape index (κ2) is 6.91. The fourth-order valence-corrected chi connectivity index (χ4v) is 2.36. The highest BCUT2D eigenvalue weighted by atomic mass is 79.9. The van der Waals surface area contributed by atoms with Crippen molar-refractivity contribution in [3.8, 4) is 0 Å². The standard InChI is InChI=1S/C14H21BrN2O2/c1-5-17(9-14(19)16(3)4)13-7-6-11(10(2)18)8-12(13)15/h6-8,10,18H,5,9H2,1-4H3/t10-/m0/s1. The molecule has 1 rings (SSSR count). The fraction of sp³-hybridized carbons (Fsp3) is 0.500. The Morgan fingerprint density at radius 2 is 2.05 bits per heavy atom.